The van der Waals surface area contributed by atoms with Gasteiger partial charge in [-0.2, -0.15) is 11.8 Å². The van der Waals surface area contributed by atoms with Crippen molar-refractivity contribution in [1.29, 1.82) is 0 Å². The molecule has 4 heteroatoms. The van der Waals surface area contributed by atoms with Gasteiger partial charge in [0.15, 0.2) is 0 Å². The van der Waals surface area contributed by atoms with Gasteiger partial charge in [-0.15, -0.1) is 0 Å². The van der Waals surface area contributed by atoms with Crippen molar-refractivity contribution in [1.82, 2.24) is 10.2 Å². The Labute approximate surface area is 116 Å². The van der Waals surface area contributed by atoms with Crippen LogP contribution in [0.5, 0.6) is 0 Å². The second-order valence-electron chi connectivity index (χ2n) is 6.04. The van der Waals surface area contributed by atoms with Crippen LogP contribution in [-0.4, -0.2) is 60.8 Å². The number of hydrogen-bond donors (Lipinski definition) is 1. The minimum Gasteiger partial charge on any atom is -0.377 e. The molecule has 2 heterocycles. The molecule has 0 aliphatic carbocycles. The Morgan fingerprint density at radius 1 is 1.39 bits per heavy atom. The summed E-state index contributed by atoms with van der Waals surface area (Å²) in [7, 11) is 0. The highest BCUT2D eigenvalue weighted by Crippen LogP contribution is 2.30. The van der Waals surface area contributed by atoms with Gasteiger partial charge >= 0.3 is 0 Å². The van der Waals surface area contributed by atoms with Gasteiger partial charge in [0, 0.05) is 43.3 Å². The van der Waals surface area contributed by atoms with E-state index < -0.39 is 0 Å². The van der Waals surface area contributed by atoms with E-state index in [9.17, 15) is 0 Å². The van der Waals surface area contributed by atoms with Crippen LogP contribution in [0.25, 0.3) is 0 Å². The summed E-state index contributed by atoms with van der Waals surface area (Å²) in [6, 6.07) is 0. The average molecular weight is 272 g/mol. The molecule has 1 N–H and O–H groups in total. The number of hydrogen-bond acceptors (Lipinski definition) is 4. The molecule has 18 heavy (non-hydrogen) atoms. The lowest BCUT2D eigenvalue weighted by atomic mass is 10.1. The molecule has 0 spiro atoms. The number of ether oxygens (including phenoxy) is 1. The summed E-state index contributed by atoms with van der Waals surface area (Å²) in [5.74, 6) is 1.28. The molecule has 0 radical (unpaired) electrons. The highest BCUT2D eigenvalue weighted by molar-refractivity contribution is 8.00. The summed E-state index contributed by atoms with van der Waals surface area (Å²) in [4.78, 5) is 2.60. The van der Waals surface area contributed by atoms with E-state index in [-0.39, 0.29) is 0 Å². The fourth-order valence-corrected chi connectivity index (χ4v) is 3.73. The quantitative estimate of drug-likeness (QED) is 0.774. The zero-order chi connectivity index (χ0) is 12.8. The van der Waals surface area contributed by atoms with Gasteiger partial charge in [0.25, 0.3) is 0 Å². The second kappa shape index (κ2) is 7.13. The minimum atomic E-state index is 0.472. The van der Waals surface area contributed by atoms with E-state index in [1.807, 2.05) is 0 Å². The Hall–Kier alpha value is 0.230. The SMILES string of the molecule is CC1(C)CCN(CCNCC2CCCO2)CCS1. The standard InChI is InChI=1S/C14H28N2OS/c1-14(2)5-7-16(9-11-18-14)8-6-15-12-13-4-3-10-17-13/h13,15H,3-12H2,1-2H3. The second-order valence-corrected chi connectivity index (χ2v) is 7.84. The van der Waals surface area contributed by atoms with Crippen LogP contribution < -0.4 is 5.32 Å². The summed E-state index contributed by atoms with van der Waals surface area (Å²) in [6.07, 6.45) is 4.26. The molecule has 106 valence electrons. The lowest BCUT2D eigenvalue weighted by molar-refractivity contribution is 0.109. The van der Waals surface area contributed by atoms with E-state index in [0.717, 1.165) is 19.7 Å². The summed E-state index contributed by atoms with van der Waals surface area (Å²) in [5, 5.41) is 3.54. The number of nitrogens with one attached hydrogen (secondary N) is 1. The molecule has 2 saturated heterocycles. The molecule has 0 aromatic heterocycles. The average Bonchev–Trinajstić information content (AvgIpc) is 2.77. The summed E-state index contributed by atoms with van der Waals surface area (Å²) in [5.41, 5.74) is 0. The molecule has 2 rings (SSSR count). The van der Waals surface area contributed by atoms with Crippen LogP contribution in [0.15, 0.2) is 0 Å². The predicted molar refractivity (Wildman–Crippen MR) is 79.4 cm³/mol. The normalized spacial score (nSPS) is 29.3. The Bertz CT molecular complexity index is 242. The molecule has 2 fully saturated rings. The summed E-state index contributed by atoms with van der Waals surface area (Å²) in [6.45, 7) is 11.5. The highest BCUT2D eigenvalue weighted by atomic mass is 32.2. The summed E-state index contributed by atoms with van der Waals surface area (Å²) < 4.78 is 6.08. The third-order valence-electron chi connectivity index (χ3n) is 3.93. The van der Waals surface area contributed by atoms with Gasteiger partial charge in [0.1, 0.15) is 0 Å². The van der Waals surface area contributed by atoms with E-state index in [4.69, 9.17) is 4.74 Å². The third kappa shape index (κ3) is 5.08. The maximum atomic E-state index is 5.61. The molecular formula is C14H28N2OS. The van der Waals surface area contributed by atoms with Crippen molar-refractivity contribution < 1.29 is 4.74 Å². The topological polar surface area (TPSA) is 24.5 Å². The third-order valence-corrected chi connectivity index (χ3v) is 5.30. The number of thioether (sulfide) groups is 1. The lowest BCUT2D eigenvalue weighted by Crippen LogP contribution is -2.36. The first kappa shape index (κ1) is 14.6. The Kier molecular flexibility index (Phi) is 5.80. The zero-order valence-corrected chi connectivity index (χ0v) is 12.7. The molecule has 0 saturated carbocycles. The maximum Gasteiger partial charge on any atom is 0.0700 e. The Morgan fingerprint density at radius 3 is 3.06 bits per heavy atom. The smallest absolute Gasteiger partial charge is 0.0700 e. The predicted octanol–water partition coefficient (Wildman–Crippen LogP) is 1.97. The van der Waals surface area contributed by atoms with Gasteiger partial charge in [-0.3, -0.25) is 0 Å². The molecule has 2 aliphatic rings. The lowest BCUT2D eigenvalue weighted by Gasteiger charge is -2.22. The molecule has 3 nitrogen and oxygen atoms in total. The van der Waals surface area contributed by atoms with E-state index >= 15 is 0 Å². The van der Waals surface area contributed by atoms with Crippen LogP contribution in [0.1, 0.15) is 33.1 Å². The van der Waals surface area contributed by atoms with Gasteiger partial charge in [0.2, 0.25) is 0 Å². The molecular weight excluding hydrogens is 244 g/mol. The van der Waals surface area contributed by atoms with Gasteiger partial charge in [-0.25, -0.2) is 0 Å². The fourth-order valence-electron chi connectivity index (χ4n) is 2.59. The van der Waals surface area contributed by atoms with Crippen LogP contribution in [0, 0.1) is 0 Å². The maximum absolute atomic E-state index is 5.61. The first-order chi connectivity index (χ1) is 8.66. The van der Waals surface area contributed by atoms with E-state index in [1.54, 1.807) is 0 Å². The van der Waals surface area contributed by atoms with Crippen LogP contribution in [0.4, 0.5) is 0 Å². The minimum absolute atomic E-state index is 0.472. The number of rotatable bonds is 5. The Morgan fingerprint density at radius 2 is 2.28 bits per heavy atom. The van der Waals surface area contributed by atoms with Crippen molar-refractivity contribution >= 4 is 11.8 Å². The van der Waals surface area contributed by atoms with Crippen LogP contribution in [-0.2, 0) is 4.74 Å². The van der Waals surface area contributed by atoms with Crippen LogP contribution in [0.2, 0.25) is 0 Å². The molecule has 0 aromatic carbocycles. The first-order valence-corrected chi connectivity index (χ1v) is 8.33. The van der Waals surface area contributed by atoms with Crippen molar-refractivity contribution in [2.75, 3.05) is 45.1 Å². The highest BCUT2D eigenvalue weighted by Gasteiger charge is 2.23. The van der Waals surface area contributed by atoms with Crippen molar-refractivity contribution in [3.8, 4) is 0 Å². The Balaban J connectivity index is 1.55. The van der Waals surface area contributed by atoms with Gasteiger partial charge in [-0.1, -0.05) is 13.8 Å². The van der Waals surface area contributed by atoms with Crippen LogP contribution >= 0.6 is 11.8 Å². The van der Waals surface area contributed by atoms with Gasteiger partial charge in [0.05, 0.1) is 6.10 Å². The zero-order valence-electron chi connectivity index (χ0n) is 11.9. The van der Waals surface area contributed by atoms with Crippen molar-refractivity contribution in [3.05, 3.63) is 0 Å². The van der Waals surface area contributed by atoms with Crippen molar-refractivity contribution in [3.63, 3.8) is 0 Å². The van der Waals surface area contributed by atoms with E-state index in [0.29, 0.717) is 10.9 Å². The molecule has 0 bridgehead atoms. The monoisotopic (exact) mass is 272 g/mol. The van der Waals surface area contributed by atoms with Gasteiger partial charge in [-0.05, 0) is 25.8 Å². The number of nitrogens with zero attached hydrogens (tertiary/aromatic N) is 1. The van der Waals surface area contributed by atoms with Crippen LogP contribution in [0.3, 0.4) is 0 Å². The molecule has 0 amide bonds. The van der Waals surface area contributed by atoms with Gasteiger partial charge < -0.3 is 15.0 Å². The molecule has 0 aromatic rings. The van der Waals surface area contributed by atoms with E-state index in [2.05, 4.69) is 35.8 Å². The first-order valence-electron chi connectivity index (χ1n) is 7.34. The van der Waals surface area contributed by atoms with Crippen molar-refractivity contribution in [2.24, 2.45) is 0 Å². The fraction of sp³-hybridized carbons (Fsp3) is 1.00. The largest absolute Gasteiger partial charge is 0.377 e. The summed E-state index contributed by atoms with van der Waals surface area (Å²) >= 11 is 2.12. The molecule has 2 aliphatic heterocycles. The molecule has 1 atom stereocenters. The van der Waals surface area contributed by atoms with E-state index in [1.165, 1.54) is 44.6 Å². The molecule has 1 unspecified atom stereocenters. The van der Waals surface area contributed by atoms with Crippen molar-refractivity contribution in [2.45, 2.75) is 44.0 Å².